The molecule has 0 unspecified atom stereocenters. The van der Waals surface area contributed by atoms with E-state index in [0.29, 0.717) is 17.3 Å². The molecule has 1 aromatic carbocycles. The summed E-state index contributed by atoms with van der Waals surface area (Å²) in [6.45, 7) is 0. The summed E-state index contributed by atoms with van der Waals surface area (Å²) in [5.74, 6) is 0.560. The van der Waals surface area contributed by atoms with Crippen LogP contribution in [0.4, 0.5) is 0 Å². The molecule has 0 amide bonds. The number of oxazole rings is 1. The van der Waals surface area contributed by atoms with Gasteiger partial charge in [0.1, 0.15) is 5.78 Å². The van der Waals surface area contributed by atoms with E-state index in [4.69, 9.17) is 4.42 Å². The minimum Gasteiger partial charge on any atom is -0.408 e. The Bertz CT molecular complexity index is 628. The minimum absolute atomic E-state index is 0.390. The number of hydrogen-bond acceptors (Lipinski definition) is 3. The van der Waals surface area contributed by atoms with Gasteiger partial charge in [0.15, 0.2) is 5.58 Å². The van der Waals surface area contributed by atoms with Gasteiger partial charge in [0, 0.05) is 12.8 Å². The number of rotatable bonds is 2. The van der Waals surface area contributed by atoms with Crippen LogP contribution < -0.4 is 5.76 Å². The minimum atomic E-state index is -0.412. The number of aromatic amines is 1. The zero-order valence-electron chi connectivity index (χ0n) is 10.1. The molecule has 1 aromatic heterocycles. The molecule has 3 rings (SSSR count). The van der Waals surface area contributed by atoms with Crippen LogP contribution in [0.1, 0.15) is 31.2 Å². The van der Waals surface area contributed by atoms with E-state index in [1.807, 2.05) is 18.2 Å². The Morgan fingerprint density at radius 1 is 1.22 bits per heavy atom. The monoisotopic (exact) mass is 245 g/mol. The Morgan fingerprint density at radius 3 is 2.78 bits per heavy atom. The molecule has 4 heteroatoms. The number of nitrogens with one attached hydrogen (secondary N) is 1. The summed E-state index contributed by atoms with van der Waals surface area (Å²) in [5, 5.41) is 0. The summed E-state index contributed by atoms with van der Waals surface area (Å²) in [6, 6.07) is 5.79. The average Bonchev–Trinajstić information content (AvgIpc) is 2.71. The van der Waals surface area contributed by atoms with Crippen molar-refractivity contribution >= 4 is 16.9 Å². The second-order valence-corrected chi connectivity index (χ2v) is 5.03. The van der Waals surface area contributed by atoms with E-state index in [0.717, 1.165) is 37.6 Å². The van der Waals surface area contributed by atoms with Gasteiger partial charge in [-0.1, -0.05) is 6.07 Å². The maximum atomic E-state index is 11.2. The van der Waals surface area contributed by atoms with Gasteiger partial charge in [0.25, 0.3) is 0 Å². The lowest BCUT2D eigenvalue weighted by atomic mass is 9.84. The molecule has 1 N–H and O–H groups in total. The Morgan fingerprint density at radius 2 is 2.00 bits per heavy atom. The van der Waals surface area contributed by atoms with Crippen LogP contribution in [-0.2, 0) is 11.2 Å². The first-order valence-electron chi connectivity index (χ1n) is 6.34. The third kappa shape index (κ3) is 2.23. The lowest BCUT2D eigenvalue weighted by Gasteiger charge is -2.20. The van der Waals surface area contributed by atoms with E-state index in [2.05, 4.69) is 4.98 Å². The predicted molar refractivity (Wildman–Crippen MR) is 67.5 cm³/mol. The molecule has 1 aliphatic carbocycles. The van der Waals surface area contributed by atoms with Crippen molar-refractivity contribution in [1.82, 2.24) is 4.98 Å². The summed E-state index contributed by atoms with van der Waals surface area (Å²) >= 11 is 0. The summed E-state index contributed by atoms with van der Waals surface area (Å²) < 4.78 is 4.97. The van der Waals surface area contributed by atoms with Gasteiger partial charge >= 0.3 is 5.76 Å². The standard InChI is InChI=1S/C14H15NO3/c16-11-4-1-9(2-5-11)7-10-3-6-13-12(8-10)15-14(17)18-13/h3,6,8-9H,1-2,4-5,7H2,(H,15,17). The summed E-state index contributed by atoms with van der Waals surface area (Å²) in [7, 11) is 0. The Kier molecular flexibility index (Phi) is 2.78. The summed E-state index contributed by atoms with van der Waals surface area (Å²) in [6.07, 6.45) is 4.37. The first-order valence-corrected chi connectivity index (χ1v) is 6.34. The summed E-state index contributed by atoms with van der Waals surface area (Å²) in [5.41, 5.74) is 2.55. The van der Waals surface area contributed by atoms with E-state index < -0.39 is 5.76 Å². The zero-order chi connectivity index (χ0) is 12.5. The van der Waals surface area contributed by atoms with Crippen LogP contribution in [0.3, 0.4) is 0 Å². The third-order valence-corrected chi connectivity index (χ3v) is 3.67. The maximum Gasteiger partial charge on any atom is 0.417 e. The molecular formula is C14H15NO3. The summed E-state index contributed by atoms with van der Waals surface area (Å²) in [4.78, 5) is 24.9. The highest BCUT2D eigenvalue weighted by molar-refractivity contribution is 5.79. The van der Waals surface area contributed by atoms with Gasteiger partial charge < -0.3 is 4.42 Å². The Balaban J connectivity index is 1.78. The lowest BCUT2D eigenvalue weighted by Crippen LogP contribution is -2.15. The number of ketones is 1. The van der Waals surface area contributed by atoms with Gasteiger partial charge in [0.2, 0.25) is 0 Å². The maximum absolute atomic E-state index is 11.2. The van der Waals surface area contributed by atoms with Crippen molar-refractivity contribution in [2.45, 2.75) is 32.1 Å². The predicted octanol–water partition coefficient (Wildman–Crippen LogP) is 2.42. The average molecular weight is 245 g/mol. The fourth-order valence-electron chi connectivity index (χ4n) is 2.66. The van der Waals surface area contributed by atoms with Crippen molar-refractivity contribution in [3.63, 3.8) is 0 Å². The van der Waals surface area contributed by atoms with Crippen molar-refractivity contribution in [3.05, 3.63) is 34.3 Å². The van der Waals surface area contributed by atoms with Gasteiger partial charge in [-0.2, -0.15) is 0 Å². The Hall–Kier alpha value is -1.84. The molecular weight excluding hydrogens is 230 g/mol. The van der Waals surface area contributed by atoms with Crippen LogP contribution in [0.25, 0.3) is 11.1 Å². The fraction of sp³-hybridized carbons (Fsp3) is 0.429. The highest BCUT2D eigenvalue weighted by atomic mass is 16.4. The number of benzene rings is 1. The molecule has 0 spiro atoms. The lowest BCUT2D eigenvalue weighted by molar-refractivity contribution is -0.121. The highest BCUT2D eigenvalue weighted by Crippen LogP contribution is 2.26. The second kappa shape index (κ2) is 4.44. The molecule has 0 aliphatic heterocycles. The fourth-order valence-corrected chi connectivity index (χ4v) is 2.66. The quantitative estimate of drug-likeness (QED) is 0.883. The van der Waals surface area contributed by atoms with Crippen LogP contribution in [-0.4, -0.2) is 10.8 Å². The number of carbonyl (C=O) groups excluding carboxylic acids is 1. The van der Waals surface area contributed by atoms with Gasteiger partial charge in [-0.3, -0.25) is 9.78 Å². The van der Waals surface area contributed by atoms with E-state index in [9.17, 15) is 9.59 Å². The second-order valence-electron chi connectivity index (χ2n) is 5.03. The van der Waals surface area contributed by atoms with Crippen LogP contribution in [0.15, 0.2) is 27.4 Å². The van der Waals surface area contributed by atoms with Crippen LogP contribution >= 0.6 is 0 Å². The molecule has 1 saturated carbocycles. The molecule has 94 valence electrons. The van der Waals surface area contributed by atoms with Crippen molar-refractivity contribution in [2.24, 2.45) is 5.92 Å². The molecule has 2 aromatic rings. The van der Waals surface area contributed by atoms with Crippen molar-refractivity contribution in [2.75, 3.05) is 0 Å². The van der Waals surface area contributed by atoms with Crippen LogP contribution in [0, 0.1) is 5.92 Å². The number of aromatic nitrogens is 1. The van der Waals surface area contributed by atoms with E-state index in [1.54, 1.807) is 0 Å². The third-order valence-electron chi connectivity index (χ3n) is 3.67. The molecule has 0 saturated heterocycles. The number of carbonyl (C=O) groups is 1. The molecule has 0 bridgehead atoms. The van der Waals surface area contributed by atoms with Crippen LogP contribution in [0.2, 0.25) is 0 Å². The number of H-pyrrole nitrogens is 1. The van der Waals surface area contributed by atoms with Gasteiger partial charge in [-0.15, -0.1) is 0 Å². The van der Waals surface area contributed by atoms with Gasteiger partial charge in [-0.05, 0) is 42.9 Å². The van der Waals surface area contributed by atoms with Crippen LogP contribution in [0.5, 0.6) is 0 Å². The topological polar surface area (TPSA) is 63.1 Å². The zero-order valence-corrected chi connectivity index (χ0v) is 10.1. The molecule has 0 radical (unpaired) electrons. The highest BCUT2D eigenvalue weighted by Gasteiger charge is 2.19. The van der Waals surface area contributed by atoms with Gasteiger partial charge in [-0.25, -0.2) is 4.79 Å². The molecule has 1 fully saturated rings. The first kappa shape index (κ1) is 11.3. The van der Waals surface area contributed by atoms with Crippen molar-refractivity contribution in [3.8, 4) is 0 Å². The largest absolute Gasteiger partial charge is 0.417 e. The van der Waals surface area contributed by atoms with E-state index >= 15 is 0 Å². The number of fused-ring (bicyclic) bond motifs is 1. The van der Waals surface area contributed by atoms with Gasteiger partial charge in [0.05, 0.1) is 5.52 Å². The SMILES string of the molecule is O=C1CCC(Cc2ccc3oc(=O)[nH]c3c2)CC1. The molecule has 1 heterocycles. The molecule has 0 atom stereocenters. The molecule has 18 heavy (non-hydrogen) atoms. The smallest absolute Gasteiger partial charge is 0.408 e. The first-order chi connectivity index (χ1) is 8.70. The normalized spacial score (nSPS) is 17.4. The Labute approximate surface area is 104 Å². The number of Topliss-reactive ketones (excluding diaryl/α,β-unsaturated/α-hetero) is 1. The molecule has 1 aliphatic rings. The van der Waals surface area contributed by atoms with E-state index in [-0.39, 0.29) is 0 Å². The van der Waals surface area contributed by atoms with Crippen molar-refractivity contribution in [1.29, 1.82) is 0 Å². The van der Waals surface area contributed by atoms with Crippen molar-refractivity contribution < 1.29 is 9.21 Å². The van der Waals surface area contributed by atoms with E-state index in [1.165, 1.54) is 5.56 Å². The number of hydrogen-bond donors (Lipinski definition) is 1. The molecule has 4 nitrogen and oxygen atoms in total.